The first-order valence-corrected chi connectivity index (χ1v) is 8.63. The summed E-state index contributed by atoms with van der Waals surface area (Å²) in [4.78, 5) is 16.4. The second kappa shape index (κ2) is 4.51. The highest BCUT2D eigenvalue weighted by Gasteiger charge is 2.47. The quantitative estimate of drug-likeness (QED) is 0.844. The van der Waals surface area contributed by atoms with Crippen molar-refractivity contribution in [3.8, 4) is 0 Å². The summed E-state index contributed by atoms with van der Waals surface area (Å²) in [6.45, 7) is 1.04. The minimum absolute atomic E-state index is 0.130. The molecule has 4 heteroatoms. The fraction of sp³-hybridized carbons (Fsp3) is 0.867. The first-order chi connectivity index (χ1) is 9.25. The molecule has 1 N–H and O–H groups in total. The summed E-state index contributed by atoms with van der Waals surface area (Å²) < 4.78 is -0.170. The van der Waals surface area contributed by atoms with Gasteiger partial charge in [0.15, 0.2) is 5.17 Å². The number of carbonyl (C=O) groups is 1. The molecule has 1 amide bonds. The van der Waals surface area contributed by atoms with Crippen molar-refractivity contribution < 1.29 is 4.79 Å². The molecule has 1 aliphatic heterocycles. The Bertz CT molecular complexity index is 428. The normalized spacial score (nSPS) is 39.3. The molecule has 0 aromatic rings. The van der Waals surface area contributed by atoms with E-state index in [0.717, 1.165) is 42.3 Å². The van der Waals surface area contributed by atoms with Gasteiger partial charge >= 0.3 is 0 Å². The van der Waals surface area contributed by atoms with E-state index in [1.165, 1.54) is 38.5 Å². The number of thioether (sulfide) groups is 1. The van der Waals surface area contributed by atoms with Crippen LogP contribution in [0.4, 0.5) is 0 Å². The second-order valence-electron chi connectivity index (χ2n) is 6.84. The van der Waals surface area contributed by atoms with Crippen LogP contribution in [-0.2, 0) is 4.79 Å². The number of nitrogens with one attached hydrogen (secondary N) is 1. The largest absolute Gasteiger partial charge is 0.364 e. The average Bonchev–Trinajstić information content (AvgIpc) is 3.15. The smallest absolute Gasteiger partial charge is 0.264 e. The summed E-state index contributed by atoms with van der Waals surface area (Å²) in [6, 6.07) is 0. The third-order valence-electron chi connectivity index (χ3n) is 5.70. The number of hydrogen-bond acceptors (Lipinski definition) is 3. The molecular formula is C15H22N2OS. The van der Waals surface area contributed by atoms with Gasteiger partial charge in [0.05, 0.1) is 0 Å². The van der Waals surface area contributed by atoms with Gasteiger partial charge in [0.25, 0.3) is 5.91 Å². The van der Waals surface area contributed by atoms with Crippen molar-refractivity contribution in [1.82, 2.24) is 5.32 Å². The van der Waals surface area contributed by atoms with E-state index in [4.69, 9.17) is 0 Å². The van der Waals surface area contributed by atoms with Crippen molar-refractivity contribution in [2.75, 3.05) is 6.54 Å². The Kier molecular flexibility index (Phi) is 2.90. The van der Waals surface area contributed by atoms with Crippen molar-refractivity contribution in [2.24, 2.45) is 22.7 Å². The van der Waals surface area contributed by atoms with Gasteiger partial charge in [0.2, 0.25) is 0 Å². The van der Waals surface area contributed by atoms with E-state index in [1.54, 1.807) is 11.8 Å². The van der Waals surface area contributed by atoms with Crippen molar-refractivity contribution >= 4 is 22.8 Å². The maximum absolute atomic E-state index is 12.1. The lowest BCUT2D eigenvalue weighted by molar-refractivity contribution is -0.119. The number of rotatable bonds is 2. The molecule has 4 rings (SSSR count). The number of hydrogen-bond donors (Lipinski definition) is 1. The van der Waals surface area contributed by atoms with Crippen LogP contribution in [-0.4, -0.2) is 22.4 Å². The Hall–Kier alpha value is -0.510. The zero-order chi connectivity index (χ0) is 12.9. The van der Waals surface area contributed by atoms with Gasteiger partial charge in [0, 0.05) is 6.54 Å². The maximum atomic E-state index is 12.1. The Balaban J connectivity index is 1.34. The molecule has 3 fully saturated rings. The Morgan fingerprint density at radius 3 is 2.79 bits per heavy atom. The minimum Gasteiger partial charge on any atom is -0.364 e. The minimum atomic E-state index is -0.170. The highest BCUT2D eigenvalue weighted by atomic mass is 32.2. The fourth-order valence-electron chi connectivity index (χ4n) is 4.63. The van der Waals surface area contributed by atoms with E-state index in [9.17, 15) is 4.79 Å². The second-order valence-corrected chi connectivity index (χ2v) is 8.21. The van der Waals surface area contributed by atoms with Crippen molar-refractivity contribution in [3.05, 3.63) is 0 Å². The summed E-state index contributed by atoms with van der Waals surface area (Å²) in [5.74, 6) is 2.90. The van der Waals surface area contributed by atoms with Crippen molar-refractivity contribution in [2.45, 2.75) is 56.1 Å². The molecule has 2 bridgehead atoms. The molecule has 3 saturated carbocycles. The zero-order valence-corrected chi connectivity index (χ0v) is 12.2. The molecule has 0 unspecified atom stereocenters. The standard InChI is InChI=1S/C15H22N2OS/c18-13-15(5-1-2-6-15)19-14(17-13)16-9-12-8-10-3-4-11(12)7-10/h10-12H,1-9H2,(H,16,17,18)/t10-,11-,12+/m0/s1. The van der Waals surface area contributed by atoms with E-state index in [1.807, 2.05) is 0 Å². The lowest BCUT2D eigenvalue weighted by Crippen LogP contribution is -2.31. The number of carbonyl (C=O) groups excluding carboxylic acids is 1. The predicted molar refractivity (Wildman–Crippen MR) is 78.2 cm³/mol. The van der Waals surface area contributed by atoms with Crippen LogP contribution in [0.1, 0.15) is 51.4 Å². The SMILES string of the molecule is O=C1N=C(NC[C@H]2C[C@H]3CC[C@H]2C3)SC12CCCC2. The topological polar surface area (TPSA) is 41.5 Å². The van der Waals surface area contributed by atoms with Crippen LogP contribution in [0.2, 0.25) is 0 Å². The van der Waals surface area contributed by atoms with Gasteiger partial charge in [-0.1, -0.05) is 31.0 Å². The lowest BCUT2D eigenvalue weighted by atomic mass is 9.89. The predicted octanol–water partition coefficient (Wildman–Crippen LogP) is 2.95. The van der Waals surface area contributed by atoms with Gasteiger partial charge in [-0.15, -0.1) is 0 Å². The zero-order valence-electron chi connectivity index (χ0n) is 11.4. The van der Waals surface area contributed by atoms with Crippen LogP contribution in [0.15, 0.2) is 4.99 Å². The lowest BCUT2D eigenvalue weighted by Gasteiger charge is -2.23. The molecule has 0 radical (unpaired) electrons. The van der Waals surface area contributed by atoms with Gasteiger partial charge in [-0.25, -0.2) is 0 Å². The number of amidine groups is 1. The van der Waals surface area contributed by atoms with E-state index in [2.05, 4.69) is 10.3 Å². The van der Waals surface area contributed by atoms with Gasteiger partial charge in [-0.05, 0) is 49.9 Å². The van der Waals surface area contributed by atoms with Gasteiger partial charge in [0.1, 0.15) is 4.75 Å². The molecule has 0 saturated heterocycles. The van der Waals surface area contributed by atoms with E-state index >= 15 is 0 Å². The molecular weight excluding hydrogens is 256 g/mol. The summed E-state index contributed by atoms with van der Waals surface area (Å²) >= 11 is 1.72. The number of amides is 1. The summed E-state index contributed by atoms with van der Waals surface area (Å²) in [5.41, 5.74) is 0. The van der Waals surface area contributed by atoms with Gasteiger partial charge in [-0.2, -0.15) is 4.99 Å². The molecule has 1 heterocycles. The summed E-state index contributed by atoms with van der Waals surface area (Å²) in [5, 5.41) is 4.39. The van der Waals surface area contributed by atoms with Crippen LogP contribution in [0.25, 0.3) is 0 Å². The van der Waals surface area contributed by atoms with E-state index in [-0.39, 0.29) is 10.7 Å². The fourth-order valence-corrected chi connectivity index (χ4v) is 5.91. The van der Waals surface area contributed by atoms with Gasteiger partial charge < -0.3 is 5.32 Å². The van der Waals surface area contributed by atoms with Crippen molar-refractivity contribution in [3.63, 3.8) is 0 Å². The Morgan fingerprint density at radius 2 is 2.11 bits per heavy atom. The average molecular weight is 278 g/mol. The molecule has 0 aromatic carbocycles. The van der Waals surface area contributed by atoms with Gasteiger partial charge in [-0.3, -0.25) is 4.79 Å². The molecule has 19 heavy (non-hydrogen) atoms. The molecule has 3 atom stereocenters. The molecule has 4 aliphatic rings. The third kappa shape index (κ3) is 2.03. The third-order valence-corrected chi connectivity index (χ3v) is 7.10. The first-order valence-electron chi connectivity index (χ1n) is 7.81. The monoisotopic (exact) mass is 278 g/mol. The van der Waals surface area contributed by atoms with Crippen LogP contribution in [0, 0.1) is 17.8 Å². The van der Waals surface area contributed by atoms with E-state index < -0.39 is 0 Å². The molecule has 1 spiro atoms. The summed E-state index contributed by atoms with van der Waals surface area (Å²) in [6.07, 6.45) is 10.2. The van der Waals surface area contributed by atoms with Crippen LogP contribution >= 0.6 is 11.8 Å². The summed E-state index contributed by atoms with van der Waals surface area (Å²) in [7, 11) is 0. The highest BCUT2D eigenvalue weighted by Crippen LogP contribution is 2.49. The number of fused-ring (bicyclic) bond motifs is 2. The van der Waals surface area contributed by atoms with Crippen LogP contribution in [0.3, 0.4) is 0 Å². The number of aliphatic imine (C=N–C) groups is 1. The maximum Gasteiger partial charge on any atom is 0.264 e. The Labute approximate surface area is 119 Å². The highest BCUT2D eigenvalue weighted by molar-refractivity contribution is 8.16. The van der Waals surface area contributed by atoms with Crippen LogP contribution < -0.4 is 5.32 Å². The van der Waals surface area contributed by atoms with Crippen molar-refractivity contribution in [1.29, 1.82) is 0 Å². The van der Waals surface area contributed by atoms with Crippen LogP contribution in [0.5, 0.6) is 0 Å². The molecule has 3 nitrogen and oxygen atoms in total. The Morgan fingerprint density at radius 1 is 1.26 bits per heavy atom. The molecule has 3 aliphatic carbocycles. The number of nitrogens with zero attached hydrogens (tertiary/aromatic N) is 1. The first kappa shape index (κ1) is 12.2. The molecule has 0 aromatic heterocycles. The molecule has 104 valence electrons. The van der Waals surface area contributed by atoms with E-state index in [0.29, 0.717) is 0 Å².